The molecule has 0 fully saturated rings. The Balaban J connectivity index is 1.38. The second kappa shape index (κ2) is 15.1. The first-order valence-electron chi connectivity index (χ1n) is 19.4. The van der Waals surface area contributed by atoms with E-state index in [0.717, 1.165) is 35.6 Å². The molecule has 0 saturated heterocycles. The van der Waals surface area contributed by atoms with Crippen LogP contribution in [0.2, 0.25) is 0 Å². The second-order valence-electron chi connectivity index (χ2n) is 15.0. The average molecular weight is 873 g/mol. The lowest BCUT2D eigenvalue weighted by molar-refractivity contribution is 0.481. The van der Waals surface area contributed by atoms with Crippen molar-refractivity contribution in [3.8, 4) is 56.9 Å². The molecular formula is C45H36N4O9S3. The van der Waals surface area contributed by atoms with Crippen molar-refractivity contribution < 1.29 is 38.9 Å². The molecule has 2 aliphatic rings. The van der Waals surface area contributed by atoms with E-state index in [1.165, 1.54) is 67.8 Å². The Kier molecular flexibility index (Phi) is 9.93. The lowest BCUT2D eigenvalue weighted by Crippen LogP contribution is -1.98. The Hall–Kier alpha value is -6.19. The monoisotopic (exact) mass is 872 g/mol. The first-order chi connectivity index (χ1) is 29.0. The Morgan fingerprint density at radius 3 is 1.41 bits per heavy atom. The van der Waals surface area contributed by atoms with Gasteiger partial charge in [0.2, 0.25) is 0 Å². The van der Waals surface area contributed by atoms with Gasteiger partial charge < -0.3 is 9.97 Å². The Morgan fingerprint density at radius 2 is 0.902 bits per heavy atom. The number of aromatic nitrogens is 4. The number of benzene rings is 4. The quantitative estimate of drug-likeness (QED) is 0.0549. The van der Waals surface area contributed by atoms with Crippen LogP contribution >= 0.6 is 0 Å². The van der Waals surface area contributed by atoms with Crippen LogP contribution in [0.3, 0.4) is 0 Å². The molecule has 308 valence electrons. The predicted octanol–water partition coefficient (Wildman–Crippen LogP) is 9.74. The largest absolute Gasteiger partial charge is 0.354 e. The lowest BCUT2D eigenvalue weighted by atomic mass is 10.0. The van der Waals surface area contributed by atoms with E-state index in [-0.39, 0.29) is 14.7 Å². The molecule has 0 spiro atoms. The number of unbranched alkanes of at least 4 members (excludes halogenated alkanes) is 5. The van der Waals surface area contributed by atoms with Gasteiger partial charge in [0.1, 0.15) is 0 Å². The van der Waals surface area contributed by atoms with Crippen molar-refractivity contribution in [3.63, 3.8) is 0 Å². The summed E-state index contributed by atoms with van der Waals surface area (Å²) in [6.45, 7) is 2.18. The zero-order chi connectivity index (χ0) is 42.8. The highest BCUT2D eigenvalue weighted by Crippen LogP contribution is 2.42. The van der Waals surface area contributed by atoms with Crippen molar-refractivity contribution in [2.45, 2.75) is 60.1 Å². The summed E-state index contributed by atoms with van der Waals surface area (Å²) in [5.74, 6) is 6.60. The van der Waals surface area contributed by atoms with Crippen molar-refractivity contribution in [2.75, 3.05) is 0 Å². The summed E-state index contributed by atoms with van der Waals surface area (Å²) < 4.78 is 104. The van der Waals surface area contributed by atoms with Gasteiger partial charge in [-0.05, 0) is 79.2 Å². The van der Waals surface area contributed by atoms with Gasteiger partial charge in [0.15, 0.2) is 0 Å². The summed E-state index contributed by atoms with van der Waals surface area (Å²) >= 11 is 0. The molecule has 8 bridgehead atoms. The SMILES string of the molecule is CCCCCCCC#Cc1ccc2c3cc4nc(cc5[nH]c(cc6nc(cc([nH]3)c2c1)-c1ccc(S(=O)(=O)O)cc1-6)c1ccc(S(=O)(=O)O)cc51)-c1ccc(S(=O)(=O)O)cc1-4. The van der Waals surface area contributed by atoms with Gasteiger partial charge in [-0.15, -0.1) is 0 Å². The van der Waals surface area contributed by atoms with Crippen molar-refractivity contribution in [1.82, 2.24) is 19.9 Å². The van der Waals surface area contributed by atoms with Gasteiger partial charge in [-0.3, -0.25) is 13.7 Å². The van der Waals surface area contributed by atoms with Gasteiger partial charge in [0.05, 0.1) is 37.5 Å². The van der Waals surface area contributed by atoms with E-state index in [1.54, 1.807) is 24.3 Å². The smallest absolute Gasteiger partial charge is 0.294 e. The zero-order valence-electron chi connectivity index (χ0n) is 32.4. The molecule has 2 aliphatic heterocycles. The van der Waals surface area contributed by atoms with Gasteiger partial charge >= 0.3 is 0 Å². The molecule has 0 amide bonds. The molecule has 9 rings (SSSR count). The fourth-order valence-electron chi connectivity index (χ4n) is 7.94. The molecule has 3 aromatic heterocycles. The van der Waals surface area contributed by atoms with Gasteiger partial charge in [0, 0.05) is 77.8 Å². The van der Waals surface area contributed by atoms with E-state index in [1.807, 2.05) is 24.3 Å². The minimum absolute atomic E-state index is 0.331. The maximum Gasteiger partial charge on any atom is 0.294 e. The molecule has 0 unspecified atom stereocenters. The number of H-pyrrole nitrogens is 2. The summed E-state index contributed by atoms with van der Waals surface area (Å²) in [7, 11) is -13.8. The minimum atomic E-state index is -4.63. The molecule has 13 nitrogen and oxygen atoms in total. The van der Waals surface area contributed by atoms with Gasteiger partial charge in [-0.1, -0.05) is 68.7 Å². The Labute approximate surface area is 350 Å². The molecule has 0 radical (unpaired) electrons. The number of nitrogens with zero attached hydrogens (tertiary/aromatic N) is 2. The van der Waals surface area contributed by atoms with Crippen LogP contribution in [0.5, 0.6) is 0 Å². The maximum absolute atomic E-state index is 12.4. The zero-order valence-corrected chi connectivity index (χ0v) is 34.8. The third-order valence-electron chi connectivity index (χ3n) is 10.9. The van der Waals surface area contributed by atoms with Crippen LogP contribution in [0.25, 0.3) is 88.6 Å². The molecule has 7 aromatic rings. The predicted molar refractivity (Wildman–Crippen MR) is 235 cm³/mol. The number of rotatable bonds is 8. The number of fused-ring (bicyclic) bond motifs is 20. The van der Waals surface area contributed by atoms with E-state index in [2.05, 4.69) is 28.7 Å². The highest BCUT2D eigenvalue weighted by molar-refractivity contribution is 7.86. The number of hydrogen-bond donors (Lipinski definition) is 5. The van der Waals surface area contributed by atoms with E-state index in [9.17, 15) is 38.9 Å². The standard InChI is InChI=1S/C45H36N4O9S3/c1-2-3-4-5-6-7-8-9-26-10-14-30-34(18-26)42-22-39-31-15-11-27(59(50,51)52)19-35(31)44(47-39)24-41-33-17-13-29(61(56,57)58)21-37(33)45(49-41)25-40-32-16-12-28(60(53,54)55)20-36(32)43(48-40)23-38(30)46-42/h10-25,46,49H,2-7H2,1H3,(H,50,51,52)(H,53,54,55)(H,56,57,58). The van der Waals surface area contributed by atoms with E-state index in [4.69, 9.17) is 9.97 Å². The normalized spacial score (nSPS) is 12.6. The lowest BCUT2D eigenvalue weighted by Gasteiger charge is -2.03. The highest BCUT2D eigenvalue weighted by atomic mass is 32.2. The van der Waals surface area contributed by atoms with Crippen molar-refractivity contribution in [3.05, 3.63) is 103 Å². The third kappa shape index (κ3) is 7.72. The summed E-state index contributed by atoms with van der Waals surface area (Å²) in [6.07, 6.45) is 6.44. The molecule has 0 atom stereocenters. The number of nitrogens with one attached hydrogen (secondary N) is 2. The van der Waals surface area contributed by atoms with Gasteiger partial charge in [-0.25, -0.2) is 9.97 Å². The van der Waals surface area contributed by atoms with Crippen LogP contribution in [0, 0.1) is 11.8 Å². The van der Waals surface area contributed by atoms with Crippen LogP contribution in [0.15, 0.2) is 112 Å². The summed E-state index contributed by atoms with van der Waals surface area (Å²) in [5.41, 5.74) is 6.25. The first-order valence-corrected chi connectivity index (χ1v) is 23.7. The molecule has 4 aromatic carbocycles. The van der Waals surface area contributed by atoms with Gasteiger partial charge in [-0.2, -0.15) is 25.3 Å². The van der Waals surface area contributed by atoms with E-state index < -0.39 is 30.4 Å². The number of hydrogen-bond acceptors (Lipinski definition) is 8. The average Bonchev–Trinajstić information content (AvgIpc) is 3.94. The van der Waals surface area contributed by atoms with Crippen LogP contribution in [-0.4, -0.2) is 58.8 Å². The second-order valence-corrected chi connectivity index (χ2v) is 19.3. The third-order valence-corrected chi connectivity index (χ3v) is 13.5. The van der Waals surface area contributed by atoms with Crippen molar-refractivity contribution >= 4 is 74.0 Å². The van der Waals surface area contributed by atoms with Crippen LogP contribution in [0.4, 0.5) is 0 Å². The minimum Gasteiger partial charge on any atom is -0.354 e. The fraction of sp³-hybridized carbons (Fsp3) is 0.156. The van der Waals surface area contributed by atoms with E-state index >= 15 is 0 Å². The van der Waals surface area contributed by atoms with Crippen molar-refractivity contribution in [1.29, 1.82) is 0 Å². The van der Waals surface area contributed by atoms with E-state index in [0.29, 0.717) is 77.9 Å². The summed E-state index contributed by atoms with van der Waals surface area (Å²) in [6, 6.07) is 25.2. The maximum atomic E-state index is 12.4. The Bertz CT molecular complexity index is 3560. The molecule has 61 heavy (non-hydrogen) atoms. The molecule has 0 aliphatic carbocycles. The van der Waals surface area contributed by atoms with Crippen molar-refractivity contribution in [2.24, 2.45) is 0 Å². The van der Waals surface area contributed by atoms with Crippen LogP contribution < -0.4 is 0 Å². The first kappa shape index (κ1) is 40.2. The van der Waals surface area contributed by atoms with Gasteiger partial charge in [0.25, 0.3) is 30.4 Å². The number of aromatic amines is 2. The fourth-order valence-corrected chi connectivity index (χ4v) is 9.46. The molecule has 5 heterocycles. The molecule has 16 heteroatoms. The Morgan fingerprint density at radius 1 is 0.475 bits per heavy atom. The van der Waals surface area contributed by atoms with Crippen LogP contribution in [0.1, 0.15) is 51.0 Å². The molecular weight excluding hydrogens is 837 g/mol. The summed E-state index contributed by atoms with van der Waals surface area (Å²) in [5, 5.41) is 2.46. The summed E-state index contributed by atoms with van der Waals surface area (Å²) in [4.78, 5) is 15.7. The van der Waals surface area contributed by atoms with Crippen LogP contribution in [-0.2, 0) is 30.4 Å². The molecule has 5 N–H and O–H groups in total. The topological polar surface area (TPSA) is 220 Å². The molecule has 0 saturated carbocycles. The highest BCUT2D eigenvalue weighted by Gasteiger charge is 2.24.